The number of carbonyl (C=O) groups is 1. The molecule has 6 nitrogen and oxygen atoms in total. The van der Waals surface area contributed by atoms with Crippen LogP contribution in [0.25, 0.3) is 0 Å². The molecule has 3 unspecified atom stereocenters. The number of benzene rings is 1. The molecule has 1 aromatic rings. The second-order valence-electron chi connectivity index (χ2n) is 7.64. The highest BCUT2D eigenvalue weighted by molar-refractivity contribution is 5.69. The van der Waals surface area contributed by atoms with Crippen LogP contribution in [0.5, 0.6) is 0 Å². The number of nitrogens with two attached hydrogens (primary N) is 1. The molecular weight excluding hydrogens is 368 g/mol. The maximum Gasteiger partial charge on any atom is 0.410 e. The van der Waals surface area contributed by atoms with Crippen molar-refractivity contribution in [2.24, 2.45) is 5.73 Å². The van der Waals surface area contributed by atoms with Crippen LogP contribution in [0.1, 0.15) is 25.0 Å². The first-order chi connectivity index (χ1) is 13.5. The Morgan fingerprint density at radius 2 is 1.96 bits per heavy atom. The minimum Gasteiger partial charge on any atom is -0.450 e. The molecule has 1 fully saturated rings. The molecule has 1 aromatic carbocycles. The van der Waals surface area contributed by atoms with Gasteiger partial charge in [0.2, 0.25) is 0 Å². The van der Waals surface area contributed by atoms with Gasteiger partial charge in [-0.05, 0) is 42.7 Å². The lowest BCUT2D eigenvalue weighted by molar-refractivity contribution is -0.0469. The zero-order valence-electron chi connectivity index (χ0n) is 15.9. The van der Waals surface area contributed by atoms with Gasteiger partial charge in [0.05, 0.1) is 13.2 Å². The van der Waals surface area contributed by atoms with Crippen LogP contribution < -0.4 is 5.73 Å². The molecule has 3 aliphatic rings. The van der Waals surface area contributed by atoms with E-state index in [4.69, 9.17) is 15.2 Å². The molecule has 3 aliphatic heterocycles. The van der Waals surface area contributed by atoms with Gasteiger partial charge >= 0.3 is 6.09 Å². The van der Waals surface area contributed by atoms with Crippen molar-refractivity contribution in [3.05, 3.63) is 46.5 Å². The summed E-state index contributed by atoms with van der Waals surface area (Å²) in [7, 11) is 0. The summed E-state index contributed by atoms with van der Waals surface area (Å²) in [5.74, 6) is -0.998. The van der Waals surface area contributed by atoms with E-state index >= 15 is 0 Å². The Morgan fingerprint density at radius 1 is 1.25 bits per heavy atom. The molecule has 28 heavy (non-hydrogen) atoms. The largest absolute Gasteiger partial charge is 0.450 e. The summed E-state index contributed by atoms with van der Waals surface area (Å²) in [5.41, 5.74) is 8.95. The highest BCUT2D eigenvalue weighted by Gasteiger charge is 2.39. The van der Waals surface area contributed by atoms with Gasteiger partial charge in [0, 0.05) is 43.8 Å². The van der Waals surface area contributed by atoms with Gasteiger partial charge in [-0.15, -0.1) is 0 Å². The zero-order chi connectivity index (χ0) is 19.8. The lowest BCUT2D eigenvalue weighted by Crippen LogP contribution is -2.49. The van der Waals surface area contributed by atoms with E-state index in [2.05, 4.69) is 4.90 Å². The topological polar surface area (TPSA) is 68.0 Å². The third-order valence-electron chi connectivity index (χ3n) is 5.76. The molecule has 0 saturated carbocycles. The molecule has 0 aliphatic carbocycles. The maximum absolute atomic E-state index is 14.1. The van der Waals surface area contributed by atoms with Gasteiger partial charge in [-0.2, -0.15) is 0 Å². The summed E-state index contributed by atoms with van der Waals surface area (Å²) >= 11 is 0. The molecular formula is C20H25F2N3O3. The first kappa shape index (κ1) is 19.3. The summed E-state index contributed by atoms with van der Waals surface area (Å²) in [5, 5.41) is 0. The smallest absolute Gasteiger partial charge is 0.410 e. The predicted octanol–water partition coefficient (Wildman–Crippen LogP) is 2.21. The average molecular weight is 393 g/mol. The highest BCUT2D eigenvalue weighted by Crippen LogP contribution is 2.34. The number of nitrogens with zero attached hydrogens (tertiary/aromatic N) is 2. The lowest BCUT2D eigenvalue weighted by atomic mass is 9.93. The van der Waals surface area contributed by atoms with E-state index in [0.717, 1.165) is 31.3 Å². The number of hydrogen-bond acceptors (Lipinski definition) is 5. The molecule has 3 atom stereocenters. The van der Waals surface area contributed by atoms with E-state index in [1.54, 1.807) is 11.8 Å². The van der Waals surface area contributed by atoms with Crippen molar-refractivity contribution < 1.29 is 23.0 Å². The summed E-state index contributed by atoms with van der Waals surface area (Å²) < 4.78 is 38.5. The lowest BCUT2D eigenvalue weighted by Gasteiger charge is -2.39. The average Bonchev–Trinajstić information content (AvgIpc) is 3.23. The van der Waals surface area contributed by atoms with Crippen LogP contribution in [0.3, 0.4) is 0 Å². The van der Waals surface area contributed by atoms with E-state index in [1.165, 1.54) is 11.1 Å². The third kappa shape index (κ3) is 3.64. The first-order valence-electron chi connectivity index (χ1n) is 9.64. The van der Waals surface area contributed by atoms with Crippen LogP contribution in [-0.2, 0) is 9.47 Å². The molecule has 0 aromatic heterocycles. The minimum absolute atomic E-state index is 0.115. The van der Waals surface area contributed by atoms with Gasteiger partial charge in [-0.3, -0.25) is 4.90 Å². The Bertz CT molecular complexity index is 783. The van der Waals surface area contributed by atoms with Crippen molar-refractivity contribution in [1.82, 2.24) is 9.80 Å². The Hall–Kier alpha value is -2.03. The molecule has 0 bridgehead atoms. The number of amides is 1. The second kappa shape index (κ2) is 7.77. The van der Waals surface area contributed by atoms with Crippen molar-refractivity contribution in [2.45, 2.75) is 31.5 Å². The minimum atomic E-state index is -0.645. The second-order valence-corrected chi connectivity index (χ2v) is 7.64. The third-order valence-corrected chi connectivity index (χ3v) is 5.76. The van der Waals surface area contributed by atoms with Crippen LogP contribution in [0.4, 0.5) is 13.6 Å². The van der Waals surface area contributed by atoms with Crippen molar-refractivity contribution >= 4 is 6.09 Å². The van der Waals surface area contributed by atoms with Crippen LogP contribution in [0.15, 0.2) is 29.3 Å². The molecule has 2 N–H and O–H groups in total. The van der Waals surface area contributed by atoms with Crippen LogP contribution in [0, 0.1) is 11.6 Å². The van der Waals surface area contributed by atoms with Gasteiger partial charge in [-0.25, -0.2) is 13.6 Å². The van der Waals surface area contributed by atoms with Gasteiger partial charge in [0.25, 0.3) is 0 Å². The van der Waals surface area contributed by atoms with E-state index in [0.29, 0.717) is 32.7 Å². The fourth-order valence-electron chi connectivity index (χ4n) is 4.36. The Morgan fingerprint density at radius 3 is 2.61 bits per heavy atom. The molecule has 1 amide bonds. The number of carbonyl (C=O) groups excluding carboxylic acids is 1. The van der Waals surface area contributed by atoms with Crippen LogP contribution in [-0.4, -0.2) is 67.4 Å². The summed E-state index contributed by atoms with van der Waals surface area (Å²) in [4.78, 5) is 15.9. The van der Waals surface area contributed by atoms with Crippen LogP contribution in [0.2, 0.25) is 0 Å². The normalized spacial score (nSPS) is 28.0. The summed E-state index contributed by atoms with van der Waals surface area (Å²) in [6, 6.07) is 3.06. The van der Waals surface area contributed by atoms with Crippen molar-refractivity contribution in [1.29, 1.82) is 0 Å². The molecule has 3 heterocycles. The molecule has 8 heteroatoms. The fourth-order valence-corrected chi connectivity index (χ4v) is 4.36. The number of hydrogen-bond donors (Lipinski definition) is 1. The Labute approximate surface area is 162 Å². The van der Waals surface area contributed by atoms with E-state index in [1.807, 2.05) is 0 Å². The quantitative estimate of drug-likeness (QED) is 0.798. The first-order valence-corrected chi connectivity index (χ1v) is 9.64. The Balaban J connectivity index is 1.34. The summed E-state index contributed by atoms with van der Waals surface area (Å²) in [6.07, 6.45) is -0.275. The SMILES string of the molecule is CCOC(=O)N1CC2=C(C1)CN(C1COC(c3cc(F)ccc3F)C(N)C1)C2. The summed E-state index contributed by atoms with van der Waals surface area (Å²) in [6.45, 7) is 5.32. The molecule has 152 valence electrons. The predicted molar refractivity (Wildman–Crippen MR) is 98.6 cm³/mol. The monoisotopic (exact) mass is 393 g/mol. The highest BCUT2D eigenvalue weighted by atomic mass is 19.1. The van der Waals surface area contributed by atoms with Gasteiger partial charge in [0.15, 0.2) is 0 Å². The number of ether oxygens (including phenoxy) is 2. The van der Waals surface area contributed by atoms with Crippen molar-refractivity contribution in [2.75, 3.05) is 39.4 Å². The van der Waals surface area contributed by atoms with E-state index < -0.39 is 23.8 Å². The standard InChI is InChI=1S/C20H25F2N3O3/c1-2-27-20(26)25-9-12-7-24(8-13(12)10-25)15-6-18(23)19(28-11-15)16-5-14(21)3-4-17(16)22/h3-5,15,18-19H,2,6-11,23H2,1H3. The molecule has 4 rings (SSSR count). The van der Waals surface area contributed by atoms with Gasteiger partial charge in [0.1, 0.15) is 17.7 Å². The van der Waals surface area contributed by atoms with Crippen molar-refractivity contribution in [3.63, 3.8) is 0 Å². The Kier molecular flexibility index (Phi) is 5.35. The number of halogens is 2. The maximum atomic E-state index is 14.1. The van der Waals surface area contributed by atoms with Crippen LogP contribution >= 0.6 is 0 Å². The van der Waals surface area contributed by atoms with Gasteiger partial charge in [-0.1, -0.05) is 0 Å². The zero-order valence-corrected chi connectivity index (χ0v) is 15.9. The molecule has 0 radical (unpaired) electrons. The van der Waals surface area contributed by atoms with Gasteiger partial charge < -0.3 is 20.1 Å². The molecule has 1 saturated heterocycles. The molecule has 0 spiro atoms. The number of rotatable bonds is 3. The van der Waals surface area contributed by atoms with E-state index in [9.17, 15) is 13.6 Å². The van der Waals surface area contributed by atoms with Crippen molar-refractivity contribution in [3.8, 4) is 0 Å². The fraction of sp³-hybridized carbons (Fsp3) is 0.550. The van der Waals surface area contributed by atoms with E-state index in [-0.39, 0.29) is 17.7 Å².